The Morgan fingerprint density at radius 3 is 2.20 bits per heavy atom. The summed E-state index contributed by atoms with van der Waals surface area (Å²) in [5, 5.41) is 18.0. The van der Waals surface area contributed by atoms with Gasteiger partial charge in [0.1, 0.15) is 0 Å². The SMILES string of the molecule is CCCCC[C@@H](O)[C@H](C)O. The highest BCUT2D eigenvalue weighted by atomic mass is 16.3. The Morgan fingerprint density at radius 1 is 1.20 bits per heavy atom. The summed E-state index contributed by atoms with van der Waals surface area (Å²) in [4.78, 5) is 0. The number of aliphatic hydroxyl groups is 2. The van der Waals surface area contributed by atoms with Crippen LogP contribution in [0.1, 0.15) is 39.5 Å². The molecule has 0 spiro atoms. The molecule has 0 aliphatic rings. The van der Waals surface area contributed by atoms with Gasteiger partial charge in [-0.05, 0) is 13.3 Å². The Kier molecular flexibility index (Phi) is 5.64. The standard InChI is InChI=1S/C8H18O2/c1-3-4-5-6-8(10)7(2)9/h7-10H,3-6H2,1-2H3/t7-,8+/m0/s1. The van der Waals surface area contributed by atoms with E-state index in [0.717, 1.165) is 25.7 Å². The fraction of sp³-hybridized carbons (Fsp3) is 1.00. The van der Waals surface area contributed by atoms with Crippen LogP contribution in [0.3, 0.4) is 0 Å². The molecule has 0 aromatic heterocycles. The summed E-state index contributed by atoms with van der Waals surface area (Å²) in [6.45, 7) is 3.74. The smallest absolute Gasteiger partial charge is 0.0796 e. The number of unbranched alkanes of at least 4 members (excludes halogenated alkanes) is 2. The summed E-state index contributed by atoms with van der Waals surface area (Å²) in [5.74, 6) is 0. The maximum atomic E-state index is 9.10. The zero-order chi connectivity index (χ0) is 7.98. The van der Waals surface area contributed by atoms with Crippen LogP contribution in [0, 0.1) is 0 Å². The first kappa shape index (κ1) is 9.92. The first-order valence-corrected chi connectivity index (χ1v) is 4.04. The fourth-order valence-electron chi connectivity index (χ4n) is 0.845. The van der Waals surface area contributed by atoms with E-state index in [2.05, 4.69) is 6.92 Å². The van der Waals surface area contributed by atoms with Crippen molar-refractivity contribution in [1.29, 1.82) is 0 Å². The molecule has 0 bridgehead atoms. The van der Waals surface area contributed by atoms with Crippen molar-refractivity contribution in [2.45, 2.75) is 51.7 Å². The molecule has 0 unspecified atom stereocenters. The van der Waals surface area contributed by atoms with E-state index in [4.69, 9.17) is 10.2 Å². The molecule has 0 fully saturated rings. The molecule has 0 aliphatic carbocycles. The molecule has 0 amide bonds. The van der Waals surface area contributed by atoms with Gasteiger partial charge in [0.25, 0.3) is 0 Å². The first-order chi connectivity index (χ1) is 4.68. The predicted octanol–water partition coefficient (Wildman–Crippen LogP) is 1.31. The summed E-state index contributed by atoms with van der Waals surface area (Å²) < 4.78 is 0. The van der Waals surface area contributed by atoms with Crippen LogP contribution in [0.15, 0.2) is 0 Å². The van der Waals surface area contributed by atoms with Gasteiger partial charge in [-0.3, -0.25) is 0 Å². The summed E-state index contributed by atoms with van der Waals surface area (Å²) in [6, 6.07) is 0. The van der Waals surface area contributed by atoms with Gasteiger partial charge in [0.15, 0.2) is 0 Å². The van der Waals surface area contributed by atoms with Gasteiger partial charge in [-0.1, -0.05) is 26.2 Å². The van der Waals surface area contributed by atoms with E-state index in [1.807, 2.05) is 0 Å². The van der Waals surface area contributed by atoms with E-state index in [1.165, 1.54) is 0 Å². The van der Waals surface area contributed by atoms with Gasteiger partial charge in [-0.25, -0.2) is 0 Å². The van der Waals surface area contributed by atoms with Gasteiger partial charge in [-0.15, -0.1) is 0 Å². The van der Waals surface area contributed by atoms with Crippen LogP contribution >= 0.6 is 0 Å². The highest BCUT2D eigenvalue weighted by Gasteiger charge is 2.08. The van der Waals surface area contributed by atoms with Gasteiger partial charge in [0.2, 0.25) is 0 Å². The second kappa shape index (κ2) is 5.69. The molecule has 0 saturated heterocycles. The van der Waals surface area contributed by atoms with E-state index in [0.29, 0.717) is 0 Å². The maximum absolute atomic E-state index is 9.10. The summed E-state index contributed by atoms with van der Waals surface area (Å²) in [6.07, 6.45) is 2.95. The van der Waals surface area contributed by atoms with Crippen molar-refractivity contribution in [2.75, 3.05) is 0 Å². The van der Waals surface area contributed by atoms with Crippen LogP contribution in [0.25, 0.3) is 0 Å². The lowest BCUT2D eigenvalue weighted by Crippen LogP contribution is -2.21. The number of hydrogen-bond acceptors (Lipinski definition) is 2. The second-order valence-corrected chi connectivity index (χ2v) is 2.80. The Labute approximate surface area is 62.9 Å². The maximum Gasteiger partial charge on any atom is 0.0796 e. The zero-order valence-corrected chi connectivity index (χ0v) is 6.88. The van der Waals surface area contributed by atoms with Crippen molar-refractivity contribution in [3.8, 4) is 0 Å². The third kappa shape index (κ3) is 4.77. The van der Waals surface area contributed by atoms with Crippen molar-refractivity contribution in [2.24, 2.45) is 0 Å². The van der Waals surface area contributed by atoms with Crippen molar-refractivity contribution in [3.63, 3.8) is 0 Å². The highest BCUT2D eigenvalue weighted by Crippen LogP contribution is 2.05. The Bertz CT molecular complexity index is 71.7. The summed E-state index contributed by atoms with van der Waals surface area (Å²) in [5.41, 5.74) is 0. The van der Waals surface area contributed by atoms with Crippen LogP contribution in [-0.2, 0) is 0 Å². The van der Waals surface area contributed by atoms with Gasteiger partial charge in [0.05, 0.1) is 12.2 Å². The van der Waals surface area contributed by atoms with Gasteiger partial charge in [-0.2, -0.15) is 0 Å². The van der Waals surface area contributed by atoms with Gasteiger partial charge >= 0.3 is 0 Å². The van der Waals surface area contributed by atoms with Crippen molar-refractivity contribution < 1.29 is 10.2 Å². The number of aliphatic hydroxyl groups excluding tert-OH is 2. The van der Waals surface area contributed by atoms with E-state index in [1.54, 1.807) is 6.92 Å². The molecule has 0 heterocycles. The Balaban J connectivity index is 3.13. The van der Waals surface area contributed by atoms with Gasteiger partial charge in [0, 0.05) is 0 Å². The monoisotopic (exact) mass is 146 g/mol. The van der Waals surface area contributed by atoms with Crippen LogP contribution in [0.4, 0.5) is 0 Å². The van der Waals surface area contributed by atoms with E-state index >= 15 is 0 Å². The quantitative estimate of drug-likeness (QED) is 0.574. The van der Waals surface area contributed by atoms with Crippen molar-refractivity contribution in [3.05, 3.63) is 0 Å². The molecule has 2 heteroatoms. The van der Waals surface area contributed by atoms with Crippen LogP contribution < -0.4 is 0 Å². The molecule has 0 aliphatic heterocycles. The number of rotatable bonds is 5. The molecule has 0 radical (unpaired) electrons. The molecule has 10 heavy (non-hydrogen) atoms. The first-order valence-electron chi connectivity index (χ1n) is 4.04. The number of hydrogen-bond donors (Lipinski definition) is 2. The van der Waals surface area contributed by atoms with E-state index in [-0.39, 0.29) is 0 Å². The van der Waals surface area contributed by atoms with Crippen LogP contribution in [-0.4, -0.2) is 22.4 Å². The molecule has 0 saturated carbocycles. The topological polar surface area (TPSA) is 40.5 Å². The third-order valence-electron chi connectivity index (χ3n) is 1.66. The molecule has 0 aromatic carbocycles. The zero-order valence-electron chi connectivity index (χ0n) is 6.88. The molecule has 2 atom stereocenters. The minimum atomic E-state index is -0.572. The third-order valence-corrected chi connectivity index (χ3v) is 1.66. The Morgan fingerprint density at radius 2 is 1.80 bits per heavy atom. The summed E-state index contributed by atoms with van der Waals surface area (Å²) >= 11 is 0. The highest BCUT2D eigenvalue weighted by molar-refractivity contribution is 4.60. The van der Waals surface area contributed by atoms with Crippen LogP contribution in [0.5, 0.6) is 0 Å². The molecule has 2 N–H and O–H groups in total. The minimum absolute atomic E-state index is 0.522. The lowest BCUT2D eigenvalue weighted by Gasteiger charge is -2.12. The molecule has 0 aromatic rings. The fourth-order valence-corrected chi connectivity index (χ4v) is 0.845. The Hall–Kier alpha value is -0.0800. The largest absolute Gasteiger partial charge is 0.391 e. The predicted molar refractivity (Wildman–Crippen MR) is 41.8 cm³/mol. The van der Waals surface area contributed by atoms with Crippen molar-refractivity contribution in [1.82, 2.24) is 0 Å². The van der Waals surface area contributed by atoms with Gasteiger partial charge < -0.3 is 10.2 Å². The minimum Gasteiger partial charge on any atom is -0.391 e. The molecule has 0 rings (SSSR count). The lowest BCUT2D eigenvalue weighted by molar-refractivity contribution is 0.0247. The lowest BCUT2D eigenvalue weighted by atomic mass is 10.1. The second-order valence-electron chi connectivity index (χ2n) is 2.80. The molecule has 2 nitrogen and oxygen atoms in total. The van der Waals surface area contributed by atoms with Crippen LogP contribution in [0.2, 0.25) is 0 Å². The van der Waals surface area contributed by atoms with E-state index < -0.39 is 12.2 Å². The average molecular weight is 146 g/mol. The summed E-state index contributed by atoms with van der Waals surface area (Å²) in [7, 11) is 0. The molecular formula is C8H18O2. The molecular weight excluding hydrogens is 128 g/mol. The van der Waals surface area contributed by atoms with Crippen molar-refractivity contribution >= 4 is 0 Å². The molecule has 62 valence electrons. The van der Waals surface area contributed by atoms with E-state index in [9.17, 15) is 0 Å². The normalized spacial score (nSPS) is 16.8. The average Bonchev–Trinajstić information content (AvgIpc) is 1.88.